The van der Waals surface area contributed by atoms with Crippen LogP contribution < -0.4 is 10.6 Å². The van der Waals surface area contributed by atoms with Gasteiger partial charge in [-0.3, -0.25) is 0 Å². The molecule has 2 heterocycles. The Morgan fingerprint density at radius 3 is 2.76 bits per heavy atom. The fourth-order valence-corrected chi connectivity index (χ4v) is 2.70. The van der Waals surface area contributed by atoms with Gasteiger partial charge in [-0.25, -0.2) is 9.07 Å². The molecule has 0 atom stereocenters. The van der Waals surface area contributed by atoms with Crippen LogP contribution in [0.1, 0.15) is 18.2 Å². The number of hydrogen-bond acceptors (Lipinski definition) is 7. The summed E-state index contributed by atoms with van der Waals surface area (Å²) in [6.07, 6.45) is -2.03. The van der Waals surface area contributed by atoms with Crippen LogP contribution in [0.3, 0.4) is 0 Å². The highest BCUT2D eigenvalue weighted by Crippen LogP contribution is 2.34. The van der Waals surface area contributed by atoms with Crippen LogP contribution in [0.25, 0.3) is 0 Å². The molecule has 0 fully saturated rings. The maximum atomic E-state index is 13.0. The zero-order valence-corrected chi connectivity index (χ0v) is 14.8. The van der Waals surface area contributed by atoms with E-state index in [0.29, 0.717) is 24.5 Å². The van der Waals surface area contributed by atoms with Gasteiger partial charge in [-0.15, -0.1) is 0 Å². The predicted molar refractivity (Wildman–Crippen MR) is 91.2 cm³/mol. The molecule has 0 saturated heterocycles. The molecule has 0 spiro atoms. The van der Waals surface area contributed by atoms with Crippen LogP contribution in [0.15, 0.2) is 12.4 Å². The fraction of sp³-hybridized carbons (Fsp3) is 0.500. The highest BCUT2D eigenvalue weighted by Gasteiger charge is 2.35. The van der Waals surface area contributed by atoms with Crippen LogP contribution in [0.2, 0.25) is 0 Å². The highest BCUT2D eigenvalue weighted by molar-refractivity contribution is 7.97. The molecule has 0 bridgehead atoms. The second-order valence-electron chi connectivity index (χ2n) is 4.97. The summed E-state index contributed by atoms with van der Waals surface area (Å²) >= 11 is 1.45. The minimum absolute atomic E-state index is 0.0634. The van der Waals surface area contributed by atoms with Gasteiger partial charge in [0.15, 0.2) is 0 Å². The molecular formula is C14H19F3N6OS. The average Bonchev–Trinajstić information content (AvgIpc) is 2.87. The number of nitrogens with zero attached hydrogens (tertiary/aromatic N) is 4. The van der Waals surface area contributed by atoms with E-state index in [-0.39, 0.29) is 11.8 Å². The van der Waals surface area contributed by atoms with E-state index in [4.69, 9.17) is 4.74 Å². The number of aromatic nitrogens is 4. The van der Waals surface area contributed by atoms with E-state index < -0.39 is 11.7 Å². The minimum atomic E-state index is -4.52. The number of nitrogens with one attached hydrogen (secondary N) is 2. The highest BCUT2D eigenvalue weighted by atomic mass is 32.2. The maximum Gasteiger partial charge on any atom is 0.421 e. The summed E-state index contributed by atoms with van der Waals surface area (Å²) in [4.78, 5) is 7.70. The molecule has 138 valence electrons. The Bertz CT molecular complexity index is 706. The van der Waals surface area contributed by atoms with E-state index in [0.717, 1.165) is 11.9 Å². The van der Waals surface area contributed by atoms with Crippen LogP contribution in [0.4, 0.5) is 30.6 Å². The summed E-state index contributed by atoms with van der Waals surface area (Å²) in [6, 6.07) is 0. The van der Waals surface area contributed by atoms with Gasteiger partial charge in [0.1, 0.15) is 11.4 Å². The van der Waals surface area contributed by atoms with Gasteiger partial charge in [-0.1, -0.05) is 0 Å². The van der Waals surface area contributed by atoms with Crippen molar-refractivity contribution < 1.29 is 17.9 Å². The molecule has 0 radical (unpaired) electrons. The van der Waals surface area contributed by atoms with E-state index in [2.05, 4.69) is 25.7 Å². The standard InChI is InChI=1S/C14H19F3N6OS/c1-4-18-12-10(14(15,16)17)7-19-13(21-12)20-11-8-23(22-9(11)2)25-6-5-24-3/h7-8H,4-6H2,1-3H3,(H2,18,19,20,21). The molecule has 2 N–H and O–H groups in total. The van der Waals surface area contributed by atoms with E-state index in [1.54, 1.807) is 31.2 Å². The first-order chi connectivity index (χ1) is 11.8. The molecular weight excluding hydrogens is 357 g/mol. The molecule has 2 aromatic rings. The SMILES string of the molecule is CCNc1nc(Nc2cn(SCCOC)nc2C)ncc1C(F)(F)F. The molecule has 0 aliphatic carbocycles. The third-order valence-electron chi connectivity index (χ3n) is 3.07. The molecule has 0 aromatic carbocycles. The van der Waals surface area contributed by atoms with Crippen LogP contribution >= 0.6 is 11.9 Å². The summed E-state index contributed by atoms with van der Waals surface area (Å²) in [7, 11) is 1.62. The summed E-state index contributed by atoms with van der Waals surface area (Å²) in [5.41, 5.74) is 0.396. The third-order valence-corrected chi connectivity index (χ3v) is 3.87. The first kappa shape index (κ1) is 19.3. The normalized spacial score (nSPS) is 11.6. The van der Waals surface area contributed by atoms with Gasteiger partial charge >= 0.3 is 6.18 Å². The number of rotatable bonds is 8. The quantitative estimate of drug-likeness (QED) is 0.685. The molecule has 2 rings (SSSR count). The van der Waals surface area contributed by atoms with Crippen molar-refractivity contribution in [2.45, 2.75) is 20.0 Å². The number of alkyl halides is 3. The fourth-order valence-electron chi connectivity index (χ4n) is 1.91. The van der Waals surface area contributed by atoms with Gasteiger partial charge in [0.05, 0.1) is 24.2 Å². The molecule has 2 aromatic heterocycles. The van der Waals surface area contributed by atoms with Crippen molar-refractivity contribution in [2.75, 3.05) is 36.6 Å². The van der Waals surface area contributed by atoms with Crippen molar-refractivity contribution in [3.63, 3.8) is 0 Å². The van der Waals surface area contributed by atoms with E-state index >= 15 is 0 Å². The lowest BCUT2D eigenvalue weighted by Crippen LogP contribution is -2.14. The Labute approximate surface area is 147 Å². The number of anilines is 3. The third kappa shape index (κ3) is 5.23. The Hall–Kier alpha value is -2.01. The largest absolute Gasteiger partial charge is 0.421 e. The van der Waals surface area contributed by atoms with Crippen molar-refractivity contribution in [1.82, 2.24) is 19.2 Å². The smallest absolute Gasteiger partial charge is 0.384 e. The minimum Gasteiger partial charge on any atom is -0.384 e. The summed E-state index contributed by atoms with van der Waals surface area (Å²) < 4.78 is 45.6. The predicted octanol–water partition coefficient (Wildman–Crippen LogP) is 3.32. The number of methoxy groups -OCH3 is 1. The van der Waals surface area contributed by atoms with Gasteiger partial charge in [-0.2, -0.15) is 23.3 Å². The van der Waals surface area contributed by atoms with Crippen LogP contribution in [0, 0.1) is 6.92 Å². The van der Waals surface area contributed by atoms with Crippen molar-refractivity contribution in [2.24, 2.45) is 0 Å². The number of halogens is 3. The zero-order chi connectivity index (χ0) is 18.4. The summed E-state index contributed by atoms with van der Waals surface area (Å²) in [5, 5.41) is 9.82. The maximum absolute atomic E-state index is 13.0. The van der Waals surface area contributed by atoms with Crippen LogP contribution in [-0.4, -0.2) is 45.2 Å². The molecule has 11 heteroatoms. The number of hydrogen-bond donors (Lipinski definition) is 2. The molecule has 7 nitrogen and oxygen atoms in total. The topological polar surface area (TPSA) is 76.9 Å². The second-order valence-corrected chi connectivity index (χ2v) is 6.01. The Morgan fingerprint density at radius 2 is 2.12 bits per heavy atom. The molecule has 0 unspecified atom stereocenters. The van der Waals surface area contributed by atoms with Gasteiger partial charge in [0, 0.05) is 25.6 Å². The van der Waals surface area contributed by atoms with Crippen molar-refractivity contribution in [3.05, 3.63) is 23.7 Å². The van der Waals surface area contributed by atoms with Crippen molar-refractivity contribution in [1.29, 1.82) is 0 Å². The van der Waals surface area contributed by atoms with Gasteiger partial charge in [0.25, 0.3) is 0 Å². The Kier molecular flexibility index (Phi) is 6.48. The molecule has 0 saturated carbocycles. The molecule has 0 aliphatic rings. The van der Waals surface area contributed by atoms with E-state index in [1.807, 2.05) is 0 Å². The van der Waals surface area contributed by atoms with E-state index in [1.165, 1.54) is 11.9 Å². The van der Waals surface area contributed by atoms with Gasteiger partial charge in [0.2, 0.25) is 5.95 Å². The average molecular weight is 376 g/mol. The van der Waals surface area contributed by atoms with Crippen molar-refractivity contribution >= 4 is 29.4 Å². The summed E-state index contributed by atoms with van der Waals surface area (Å²) in [5.74, 6) is 0.527. The lowest BCUT2D eigenvalue weighted by atomic mass is 10.3. The Morgan fingerprint density at radius 1 is 1.36 bits per heavy atom. The zero-order valence-electron chi connectivity index (χ0n) is 14.0. The number of ether oxygens (including phenoxy) is 1. The first-order valence-corrected chi connectivity index (χ1v) is 8.43. The number of aryl methyl sites for hydroxylation is 1. The monoisotopic (exact) mass is 376 g/mol. The lowest BCUT2D eigenvalue weighted by molar-refractivity contribution is -0.137. The first-order valence-electron chi connectivity index (χ1n) is 7.48. The van der Waals surface area contributed by atoms with E-state index in [9.17, 15) is 13.2 Å². The summed E-state index contributed by atoms with van der Waals surface area (Å²) in [6.45, 7) is 4.37. The van der Waals surface area contributed by atoms with Crippen molar-refractivity contribution in [3.8, 4) is 0 Å². The van der Waals surface area contributed by atoms with Gasteiger partial charge < -0.3 is 15.4 Å². The van der Waals surface area contributed by atoms with Crippen LogP contribution in [-0.2, 0) is 10.9 Å². The molecule has 0 aliphatic heterocycles. The Balaban J connectivity index is 2.18. The van der Waals surface area contributed by atoms with Gasteiger partial charge in [-0.05, 0) is 25.8 Å². The van der Waals surface area contributed by atoms with Crippen LogP contribution in [0.5, 0.6) is 0 Å². The second kappa shape index (κ2) is 8.39. The molecule has 0 amide bonds. The lowest BCUT2D eigenvalue weighted by Gasteiger charge is -2.13. The molecule has 25 heavy (non-hydrogen) atoms.